The monoisotopic (exact) mass is 264 g/mol. The van der Waals surface area contributed by atoms with Gasteiger partial charge in [-0.2, -0.15) is 0 Å². The van der Waals surface area contributed by atoms with E-state index in [4.69, 9.17) is 5.11 Å². The largest absolute Gasteiger partial charge is 0.478 e. The van der Waals surface area contributed by atoms with E-state index in [1.807, 2.05) is 30.3 Å². The SMILES string of the molecule is O=C(O)c1ccccc1Nc1ccc2ncccc2c1. The topological polar surface area (TPSA) is 62.2 Å². The lowest BCUT2D eigenvalue weighted by molar-refractivity contribution is 0.0698. The average molecular weight is 264 g/mol. The lowest BCUT2D eigenvalue weighted by Gasteiger charge is -2.10. The van der Waals surface area contributed by atoms with E-state index in [0.717, 1.165) is 16.6 Å². The molecule has 0 fully saturated rings. The summed E-state index contributed by atoms with van der Waals surface area (Å²) in [4.78, 5) is 15.4. The van der Waals surface area contributed by atoms with Gasteiger partial charge in [-0.25, -0.2) is 4.79 Å². The predicted octanol–water partition coefficient (Wildman–Crippen LogP) is 3.68. The van der Waals surface area contributed by atoms with E-state index in [1.165, 1.54) is 0 Å². The van der Waals surface area contributed by atoms with E-state index < -0.39 is 5.97 Å². The minimum absolute atomic E-state index is 0.249. The smallest absolute Gasteiger partial charge is 0.337 e. The molecular weight excluding hydrogens is 252 g/mol. The Balaban J connectivity index is 1.99. The van der Waals surface area contributed by atoms with Gasteiger partial charge in [-0.3, -0.25) is 4.98 Å². The molecule has 0 bridgehead atoms. The molecule has 4 heteroatoms. The second-order valence-corrected chi connectivity index (χ2v) is 4.39. The van der Waals surface area contributed by atoms with Crippen LogP contribution in [0.15, 0.2) is 60.8 Å². The molecule has 0 atom stereocenters. The lowest BCUT2D eigenvalue weighted by atomic mass is 10.1. The molecule has 2 N–H and O–H groups in total. The summed E-state index contributed by atoms with van der Waals surface area (Å²) in [6.07, 6.45) is 1.75. The number of anilines is 2. The van der Waals surface area contributed by atoms with Gasteiger partial charge >= 0.3 is 5.97 Å². The number of carbonyl (C=O) groups is 1. The van der Waals surface area contributed by atoms with Gasteiger partial charge in [-0.05, 0) is 36.4 Å². The van der Waals surface area contributed by atoms with E-state index in [0.29, 0.717) is 5.69 Å². The van der Waals surface area contributed by atoms with E-state index in [-0.39, 0.29) is 5.56 Å². The van der Waals surface area contributed by atoms with Crippen LogP contribution in [0.2, 0.25) is 0 Å². The van der Waals surface area contributed by atoms with Gasteiger partial charge in [0.1, 0.15) is 0 Å². The Morgan fingerprint density at radius 1 is 1.05 bits per heavy atom. The fourth-order valence-corrected chi connectivity index (χ4v) is 2.09. The number of fused-ring (bicyclic) bond motifs is 1. The first-order chi connectivity index (χ1) is 9.74. The summed E-state index contributed by atoms with van der Waals surface area (Å²) < 4.78 is 0. The summed E-state index contributed by atoms with van der Waals surface area (Å²) >= 11 is 0. The molecule has 0 saturated heterocycles. The molecule has 1 aromatic heterocycles. The van der Waals surface area contributed by atoms with Crippen LogP contribution in [0.5, 0.6) is 0 Å². The third-order valence-corrected chi connectivity index (χ3v) is 3.04. The molecular formula is C16H12N2O2. The Labute approximate surface area is 115 Å². The highest BCUT2D eigenvalue weighted by atomic mass is 16.4. The number of aromatic carboxylic acids is 1. The number of carboxylic acids is 1. The molecule has 4 nitrogen and oxygen atoms in total. The van der Waals surface area contributed by atoms with Gasteiger partial charge < -0.3 is 10.4 Å². The third kappa shape index (κ3) is 2.31. The Hall–Kier alpha value is -2.88. The van der Waals surface area contributed by atoms with Crippen LogP contribution >= 0.6 is 0 Å². The molecule has 0 unspecified atom stereocenters. The average Bonchev–Trinajstić information content (AvgIpc) is 2.47. The second-order valence-electron chi connectivity index (χ2n) is 4.39. The fraction of sp³-hybridized carbons (Fsp3) is 0. The first-order valence-corrected chi connectivity index (χ1v) is 6.18. The van der Waals surface area contributed by atoms with Crippen molar-refractivity contribution in [3.8, 4) is 0 Å². The maximum atomic E-state index is 11.2. The van der Waals surface area contributed by atoms with Crippen LogP contribution in [0.3, 0.4) is 0 Å². The van der Waals surface area contributed by atoms with Crippen molar-refractivity contribution in [2.24, 2.45) is 0 Å². The van der Waals surface area contributed by atoms with Crippen LogP contribution < -0.4 is 5.32 Å². The van der Waals surface area contributed by atoms with Crippen molar-refractivity contribution in [2.75, 3.05) is 5.32 Å². The zero-order valence-electron chi connectivity index (χ0n) is 10.6. The van der Waals surface area contributed by atoms with E-state index in [9.17, 15) is 4.79 Å². The normalized spacial score (nSPS) is 10.4. The van der Waals surface area contributed by atoms with E-state index in [1.54, 1.807) is 30.5 Å². The van der Waals surface area contributed by atoms with Gasteiger partial charge in [0, 0.05) is 17.3 Å². The van der Waals surface area contributed by atoms with Crippen LogP contribution in [-0.4, -0.2) is 16.1 Å². The summed E-state index contributed by atoms with van der Waals surface area (Å²) in [5, 5.41) is 13.3. The second kappa shape index (κ2) is 5.01. The van der Waals surface area contributed by atoms with Gasteiger partial charge in [0.25, 0.3) is 0 Å². The third-order valence-electron chi connectivity index (χ3n) is 3.04. The van der Waals surface area contributed by atoms with Crippen molar-refractivity contribution < 1.29 is 9.90 Å². The Morgan fingerprint density at radius 3 is 2.75 bits per heavy atom. The predicted molar refractivity (Wildman–Crippen MR) is 78.4 cm³/mol. The number of nitrogens with one attached hydrogen (secondary N) is 1. The standard InChI is InChI=1S/C16H12N2O2/c19-16(20)13-5-1-2-6-15(13)18-12-7-8-14-11(10-12)4-3-9-17-14/h1-10,18H,(H,19,20). The van der Waals surface area contributed by atoms with Gasteiger partial charge in [-0.15, -0.1) is 0 Å². The zero-order chi connectivity index (χ0) is 13.9. The Bertz CT molecular complexity index is 784. The molecule has 20 heavy (non-hydrogen) atoms. The summed E-state index contributed by atoms with van der Waals surface area (Å²) in [6.45, 7) is 0. The number of rotatable bonds is 3. The summed E-state index contributed by atoms with van der Waals surface area (Å²) in [6, 6.07) is 16.4. The van der Waals surface area contributed by atoms with E-state index >= 15 is 0 Å². The molecule has 2 aromatic carbocycles. The number of aromatic nitrogens is 1. The van der Waals surface area contributed by atoms with Crippen molar-refractivity contribution >= 4 is 28.2 Å². The number of pyridine rings is 1. The number of nitrogens with zero attached hydrogens (tertiary/aromatic N) is 1. The zero-order valence-corrected chi connectivity index (χ0v) is 10.6. The number of benzene rings is 2. The van der Waals surface area contributed by atoms with Crippen molar-refractivity contribution in [3.05, 3.63) is 66.4 Å². The molecule has 0 amide bonds. The highest BCUT2D eigenvalue weighted by Crippen LogP contribution is 2.23. The molecule has 1 heterocycles. The molecule has 0 saturated carbocycles. The van der Waals surface area contributed by atoms with Crippen molar-refractivity contribution in [3.63, 3.8) is 0 Å². The first kappa shape index (κ1) is 12.2. The minimum atomic E-state index is -0.949. The highest BCUT2D eigenvalue weighted by Gasteiger charge is 2.09. The maximum Gasteiger partial charge on any atom is 0.337 e. The first-order valence-electron chi connectivity index (χ1n) is 6.18. The molecule has 3 aromatic rings. The summed E-state index contributed by atoms with van der Waals surface area (Å²) in [7, 11) is 0. The molecule has 3 rings (SSSR count). The number of hydrogen-bond donors (Lipinski definition) is 2. The van der Waals surface area contributed by atoms with Gasteiger partial charge in [0.2, 0.25) is 0 Å². The van der Waals surface area contributed by atoms with Crippen molar-refractivity contribution in [1.29, 1.82) is 0 Å². The van der Waals surface area contributed by atoms with Crippen molar-refractivity contribution in [2.45, 2.75) is 0 Å². The number of hydrogen-bond acceptors (Lipinski definition) is 3. The molecule has 0 aliphatic heterocycles. The van der Waals surface area contributed by atoms with Crippen LogP contribution in [0.25, 0.3) is 10.9 Å². The van der Waals surface area contributed by atoms with Gasteiger partial charge in [0.15, 0.2) is 0 Å². The molecule has 0 aliphatic carbocycles. The minimum Gasteiger partial charge on any atom is -0.478 e. The maximum absolute atomic E-state index is 11.2. The highest BCUT2D eigenvalue weighted by molar-refractivity contribution is 5.95. The Morgan fingerprint density at radius 2 is 1.90 bits per heavy atom. The molecule has 0 aliphatic rings. The summed E-state index contributed by atoms with van der Waals surface area (Å²) in [5.74, 6) is -0.949. The van der Waals surface area contributed by atoms with Gasteiger partial charge in [0.05, 0.1) is 16.8 Å². The van der Waals surface area contributed by atoms with Crippen LogP contribution in [-0.2, 0) is 0 Å². The van der Waals surface area contributed by atoms with Crippen molar-refractivity contribution in [1.82, 2.24) is 4.98 Å². The molecule has 0 spiro atoms. The van der Waals surface area contributed by atoms with Crippen LogP contribution in [0.1, 0.15) is 10.4 Å². The van der Waals surface area contributed by atoms with E-state index in [2.05, 4.69) is 10.3 Å². The lowest BCUT2D eigenvalue weighted by Crippen LogP contribution is -2.02. The van der Waals surface area contributed by atoms with Gasteiger partial charge in [-0.1, -0.05) is 18.2 Å². The van der Waals surface area contributed by atoms with Crippen LogP contribution in [0.4, 0.5) is 11.4 Å². The quantitative estimate of drug-likeness (QED) is 0.757. The number of carboxylic acid groups (broad SMARTS) is 1. The van der Waals surface area contributed by atoms with Crippen LogP contribution in [0, 0.1) is 0 Å². The summed E-state index contributed by atoms with van der Waals surface area (Å²) in [5.41, 5.74) is 2.56. The Kier molecular flexibility index (Phi) is 3.05. The molecule has 98 valence electrons. The fourth-order valence-electron chi connectivity index (χ4n) is 2.09. The number of para-hydroxylation sites is 1. The molecule has 0 radical (unpaired) electrons.